The Hall–Kier alpha value is -1.85. The molecule has 0 unspecified atom stereocenters. The number of hydrogen-bond donors (Lipinski definition) is 2. The van der Waals surface area contributed by atoms with E-state index in [1.54, 1.807) is 12.1 Å². The maximum Gasteiger partial charge on any atom is 0.323 e. The molecular formula is C13H8Cl2F2N2O. The molecular weight excluding hydrogens is 309 g/mol. The quantitative estimate of drug-likeness (QED) is 0.811. The molecule has 2 amide bonds. The molecule has 0 saturated heterocycles. The van der Waals surface area contributed by atoms with Gasteiger partial charge in [-0.2, -0.15) is 0 Å². The van der Waals surface area contributed by atoms with Crippen LogP contribution < -0.4 is 10.6 Å². The summed E-state index contributed by atoms with van der Waals surface area (Å²) in [5.41, 5.74) is 0.126. The van der Waals surface area contributed by atoms with Crippen LogP contribution in [0.25, 0.3) is 0 Å². The summed E-state index contributed by atoms with van der Waals surface area (Å²) in [6.07, 6.45) is 0. The third kappa shape index (κ3) is 3.37. The normalized spacial score (nSPS) is 10.2. The summed E-state index contributed by atoms with van der Waals surface area (Å²) in [5.74, 6) is -1.61. The number of carbonyl (C=O) groups excluding carboxylic acids is 1. The number of benzene rings is 2. The van der Waals surface area contributed by atoms with Crippen molar-refractivity contribution in [3.8, 4) is 0 Å². The predicted molar refractivity (Wildman–Crippen MR) is 75.5 cm³/mol. The Morgan fingerprint density at radius 3 is 2.40 bits per heavy atom. The van der Waals surface area contributed by atoms with Crippen LogP contribution in [-0.2, 0) is 0 Å². The van der Waals surface area contributed by atoms with Crippen LogP contribution in [0.5, 0.6) is 0 Å². The fraction of sp³-hybridized carbons (Fsp3) is 0. The lowest BCUT2D eigenvalue weighted by molar-refractivity contribution is 0.262. The molecule has 3 nitrogen and oxygen atoms in total. The van der Waals surface area contributed by atoms with Crippen molar-refractivity contribution >= 4 is 40.6 Å². The van der Waals surface area contributed by atoms with Gasteiger partial charge in [-0.05, 0) is 24.3 Å². The van der Waals surface area contributed by atoms with Crippen molar-refractivity contribution in [2.24, 2.45) is 0 Å². The first-order chi connectivity index (χ1) is 9.47. The van der Waals surface area contributed by atoms with Gasteiger partial charge in [0, 0.05) is 6.07 Å². The van der Waals surface area contributed by atoms with Gasteiger partial charge in [0.2, 0.25) is 0 Å². The molecule has 2 N–H and O–H groups in total. The lowest BCUT2D eigenvalue weighted by Gasteiger charge is -2.10. The van der Waals surface area contributed by atoms with Gasteiger partial charge in [0.1, 0.15) is 11.6 Å². The van der Waals surface area contributed by atoms with Crippen LogP contribution in [0.2, 0.25) is 10.0 Å². The zero-order valence-corrected chi connectivity index (χ0v) is 11.4. The molecule has 0 fully saturated rings. The Kier molecular flexibility index (Phi) is 4.42. The second kappa shape index (κ2) is 6.07. The van der Waals surface area contributed by atoms with E-state index < -0.39 is 17.7 Å². The smallest absolute Gasteiger partial charge is 0.306 e. The standard InChI is InChI=1S/C13H8Cl2F2N2O/c14-8-2-1-3-11(12(8)15)19-13(20)18-10-5-4-7(16)6-9(10)17/h1-6H,(H2,18,19,20). The van der Waals surface area contributed by atoms with E-state index in [0.717, 1.165) is 12.1 Å². The van der Waals surface area contributed by atoms with Crippen molar-refractivity contribution in [1.82, 2.24) is 0 Å². The zero-order valence-electron chi connectivity index (χ0n) is 9.88. The number of nitrogens with one attached hydrogen (secondary N) is 2. The van der Waals surface area contributed by atoms with E-state index in [0.29, 0.717) is 6.07 Å². The summed E-state index contributed by atoms with van der Waals surface area (Å²) in [5, 5.41) is 5.10. The number of amides is 2. The van der Waals surface area contributed by atoms with Crippen LogP contribution in [0.4, 0.5) is 25.0 Å². The van der Waals surface area contributed by atoms with Crippen molar-refractivity contribution in [3.63, 3.8) is 0 Å². The molecule has 0 aliphatic carbocycles. The van der Waals surface area contributed by atoms with Crippen LogP contribution in [0.15, 0.2) is 36.4 Å². The van der Waals surface area contributed by atoms with Crippen LogP contribution >= 0.6 is 23.2 Å². The second-order valence-corrected chi connectivity index (χ2v) is 4.59. The molecule has 0 saturated carbocycles. The van der Waals surface area contributed by atoms with Gasteiger partial charge in [-0.1, -0.05) is 29.3 Å². The minimum Gasteiger partial charge on any atom is -0.306 e. The molecule has 0 spiro atoms. The summed E-state index contributed by atoms with van der Waals surface area (Å²) in [6, 6.07) is 6.79. The third-order valence-electron chi connectivity index (χ3n) is 2.38. The van der Waals surface area contributed by atoms with Crippen LogP contribution in [0.1, 0.15) is 0 Å². The monoisotopic (exact) mass is 316 g/mol. The van der Waals surface area contributed by atoms with Crippen molar-refractivity contribution in [2.45, 2.75) is 0 Å². The summed E-state index contributed by atoms with van der Waals surface area (Å²) < 4.78 is 26.1. The van der Waals surface area contributed by atoms with Gasteiger partial charge in [-0.15, -0.1) is 0 Å². The number of rotatable bonds is 2. The number of anilines is 2. The van der Waals surface area contributed by atoms with Gasteiger partial charge >= 0.3 is 6.03 Å². The molecule has 0 heterocycles. The van der Waals surface area contributed by atoms with E-state index in [-0.39, 0.29) is 21.4 Å². The SMILES string of the molecule is O=C(Nc1ccc(F)cc1F)Nc1cccc(Cl)c1Cl. The first kappa shape index (κ1) is 14.6. The van der Waals surface area contributed by atoms with E-state index in [9.17, 15) is 13.6 Å². The van der Waals surface area contributed by atoms with Gasteiger partial charge in [-0.3, -0.25) is 0 Å². The lowest BCUT2D eigenvalue weighted by Crippen LogP contribution is -2.20. The number of hydrogen-bond acceptors (Lipinski definition) is 1. The Morgan fingerprint density at radius 1 is 1.00 bits per heavy atom. The highest BCUT2D eigenvalue weighted by Gasteiger charge is 2.10. The molecule has 0 aliphatic heterocycles. The molecule has 0 bridgehead atoms. The summed E-state index contributed by atoms with van der Waals surface area (Å²) >= 11 is 11.7. The maximum absolute atomic E-state index is 13.4. The number of urea groups is 1. The fourth-order valence-corrected chi connectivity index (χ4v) is 1.81. The van der Waals surface area contributed by atoms with Gasteiger partial charge in [0.05, 0.1) is 21.4 Å². The van der Waals surface area contributed by atoms with E-state index in [1.165, 1.54) is 6.07 Å². The highest BCUT2D eigenvalue weighted by Crippen LogP contribution is 2.29. The summed E-state index contributed by atoms with van der Waals surface area (Å²) in [7, 11) is 0. The number of halogens is 4. The van der Waals surface area contributed by atoms with Crippen LogP contribution in [0, 0.1) is 11.6 Å². The van der Waals surface area contributed by atoms with E-state index in [4.69, 9.17) is 23.2 Å². The largest absolute Gasteiger partial charge is 0.323 e. The molecule has 104 valence electrons. The minimum atomic E-state index is -0.877. The predicted octanol–water partition coefficient (Wildman–Crippen LogP) is 4.92. The van der Waals surface area contributed by atoms with Gasteiger partial charge in [-0.25, -0.2) is 13.6 Å². The average Bonchev–Trinajstić information content (AvgIpc) is 2.38. The van der Waals surface area contributed by atoms with Gasteiger partial charge < -0.3 is 10.6 Å². The zero-order chi connectivity index (χ0) is 14.7. The highest BCUT2D eigenvalue weighted by atomic mass is 35.5. The second-order valence-electron chi connectivity index (χ2n) is 3.80. The molecule has 2 rings (SSSR count). The van der Waals surface area contributed by atoms with Crippen molar-refractivity contribution in [2.75, 3.05) is 10.6 Å². The minimum absolute atomic E-state index is 0.151. The molecule has 2 aromatic carbocycles. The molecule has 0 atom stereocenters. The first-order valence-electron chi connectivity index (χ1n) is 5.44. The van der Waals surface area contributed by atoms with Crippen LogP contribution in [-0.4, -0.2) is 6.03 Å². The average molecular weight is 317 g/mol. The van der Waals surface area contributed by atoms with E-state index >= 15 is 0 Å². The highest BCUT2D eigenvalue weighted by molar-refractivity contribution is 6.44. The Morgan fingerprint density at radius 2 is 1.70 bits per heavy atom. The molecule has 0 radical (unpaired) electrons. The maximum atomic E-state index is 13.4. The van der Waals surface area contributed by atoms with Crippen molar-refractivity contribution in [3.05, 3.63) is 58.1 Å². The van der Waals surface area contributed by atoms with Crippen molar-refractivity contribution in [1.29, 1.82) is 0 Å². The molecule has 20 heavy (non-hydrogen) atoms. The molecule has 2 aromatic rings. The first-order valence-corrected chi connectivity index (χ1v) is 6.20. The Labute approximate surface area is 123 Å². The van der Waals surface area contributed by atoms with E-state index in [2.05, 4.69) is 10.6 Å². The lowest BCUT2D eigenvalue weighted by atomic mass is 10.3. The summed E-state index contributed by atoms with van der Waals surface area (Å²) in [4.78, 5) is 11.7. The van der Waals surface area contributed by atoms with Gasteiger partial charge in [0.25, 0.3) is 0 Å². The van der Waals surface area contributed by atoms with Gasteiger partial charge in [0.15, 0.2) is 0 Å². The third-order valence-corrected chi connectivity index (χ3v) is 3.20. The van der Waals surface area contributed by atoms with Crippen LogP contribution in [0.3, 0.4) is 0 Å². The number of carbonyl (C=O) groups is 1. The summed E-state index contributed by atoms with van der Waals surface area (Å²) in [6.45, 7) is 0. The fourth-order valence-electron chi connectivity index (χ4n) is 1.47. The molecule has 7 heteroatoms. The molecule has 0 aromatic heterocycles. The molecule has 0 aliphatic rings. The van der Waals surface area contributed by atoms with E-state index in [1.807, 2.05) is 0 Å². The van der Waals surface area contributed by atoms with Crippen molar-refractivity contribution < 1.29 is 13.6 Å². The Bertz CT molecular complexity index is 665. The topological polar surface area (TPSA) is 41.1 Å². The Balaban J connectivity index is 2.11.